The molecule has 0 amide bonds. The van der Waals surface area contributed by atoms with Gasteiger partial charge < -0.3 is 10.6 Å². The predicted molar refractivity (Wildman–Crippen MR) is 155 cm³/mol. The van der Waals surface area contributed by atoms with Gasteiger partial charge in [0, 0.05) is 29.7 Å². The van der Waals surface area contributed by atoms with Crippen molar-refractivity contribution in [1.29, 1.82) is 5.26 Å². The van der Waals surface area contributed by atoms with Gasteiger partial charge in [-0.05, 0) is 42.7 Å². The molecule has 42 heavy (non-hydrogen) atoms. The summed E-state index contributed by atoms with van der Waals surface area (Å²) < 4.78 is 40.9. The van der Waals surface area contributed by atoms with Crippen LogP contribution in [0.25, 0.3) is 10.9 Å². The zero-order chi connectivity index (χ0) is 29.9. The third-order valence-electron chi connectivity index (χ3n) is 7.00. The van der Waals surface area contributed by atoms with Crippen LogP contribution in [0.15, 0.2) is 79.4 Å². The average Bonchev–Trinajstić information content (AvgIpc) is 3.48. The van der Waals surface area contributed by atoms with Crippen molar-refractivity contribution >= 4 is 33.9 Å². The van der Waals surface area contributed by atoms with Gasteiger partial charge in [0.25, 0.3) is 0 Å². The van der Waals surface area contributed by atoms with E-state index in [4.69, 9.17) is 11.6 Å². The first-order chi connectivity index (χ1) is 20.2. The lowest BCUT2D eigenvalue weighted by molar-refractivity contribution is -0.165. The Balaban J connectivity index is 1.58. The molecule has 0 bridgehead atoms. The number of alkyl halides is 3. The van der Waals surface area contributed by atoms with E-state index >= 15 is 0 Å². The minimum absolute atomic E-state index is 0.0897. The molecular formula is C30H26ClF3N8. The fourth-order valence-electron chi connectivity index (χ4n) is 4.67. The second kappa shape index (κ2) is 12.0. The maximum absolute atomic E-state index is 13.4. The van der Waals surface area contributed by atoms with Crippen LogP contribution in [0.3, 0.4) is 0 Å². The van der Waals surface area contributed by atoms with Crippen LogP contribution in [0, 0.1) is 11.3 Å². The van der Waals surface area contributed by atoms with E-state index in [1.54, 1.807) is 36.7 Å². The highest BCUT2D eigenvalue weighted by molar-refractivity contribution is 6.35. The molecule has 0 fully saturated rings. The summed E-state index contributed by atoms with van der Waals surface area (Å²) in [5.41, 5.74) is 3.92. The lowest BCUT2D eigenvalue weighted by atomic mass is 10.0. The van der Waals surface area contributed by atoms with Crippen molar-refractivity contribution in [3.63, 3.8) is 0 Å². The van der Waals surface area contributed by atoms with Crippen molar-refractivity contribution in [2.45, 2.75) is 44.6 Å². The summed E-state index contributed by atoms with van der Waals surface area (Å²) in [6, 6.07) is 16.4. The van der Waals surface area contributed by atoms with Crippen molar-refractivity contribution in [1.82, 2.24) is 25.0 Å². The molecule has 0 aliphatic rings. The summed E-state index contributed by atoms with van der Waals surface area (Å²) >= 11 is 6.71. The lowest BCUT2D eigenvalue weighted by Crippen LogP contribution is -2.24. The number of benzene rings is 2. The van der Waals surface area contributed by atoms with E-state index in [2.05, 4.69) is 37.0 Å². The highest BCUT2D eigenvalue weighted by Crippen LogP contribution is 2.37. The maximum atomic E-state index is 13.4. The Kier molecular flexibility index (Phi) is 8.27. The minimum atomic E-state index is -4.49. The molecule has 12 heteroatoms. The molecule has 5 rings (SSSR count). The molecule has 3 aromatic heterocycles. The Bertz CT molecular complexity index is 1720. The van der Waals surface area contributed by atoms with Crippen LogP contribution in [0.4, 0.5) is 24.5 Å². The normalized spacial score (nSPS) is 13.7. The van der Waals surface area contributed by atoms with E-state index in [0.29, 0.717) is 38.4 Å². The van der Waals surface area contributed by atoms with Gasteiger partial charge in [0.1, 0.15) is 17.8 Å². The molecule has 0 aliphatic carbocycles. The molecule has 3 atom stereocenters. The minimum Gasteiger partial charge on any atom is -0.377 e. The predicted octanol–water partition coefficient (Wildman–Crippen LogP) is 7.63. The smallest absolute Gasteiger partial charge is 0.377 e. The molecule has 3 unspecified atom stereocenters. The van der Waals surface area contributed by atoms with Gasteiger partial charge in [-0.25, -0.2) is 4.68 Å². The van der Waals surface area contributed by atoms with Crippen LogP contribution in [0.5, 0.6) is 0 Å². The number of nitrogens with one attached hydrogen (secondary N) is 2. The molecule has 214 valence electrons. The number of aromatic nitrogens is 5. The number of fused-ring (bicyclic) bond motifs is 1. The van der Waals surface area contributed by atoms with Crippen molar-refractivity contribution in [2.75, 3.05) is 10.6 Å². The van der Waals surface area contributed by atoms with Crippen LogP contribution >= 0.6 is 11.6 Å². The fourth-order valence-corrected chi connectivity index (χ4v) is 4.94. The van der Waals surface area contributed by atoms with Crippen LogP contribution in [0.2, 0.25) is 5.02 Å². The number of hydrogen-bond acceptors (Lipinski definition) is 7. The third kappa shape index (κ3) is 5.99. The van der Waals surface area contributed by atoms with E-state index in [0.717, 1.165) is 23.6 Å². The topological polar surface area (TPSA) is 104 Å². The first kappa shape index (κ1) is 28.8. The molecule has 8 nitrogen and oxygen atoms in total. The number of nitriles is 1. The summed E-state index contributed by atoms with van der Waals surface area (Å²) in [5, 5.41) is 25.5. The first-order valence-electron chi connectivity index (χ1n) is 13.2. The molecule has 2 N–H and O–H groups in total. The average molecular weight is 591 g/mol. The monoisotopic (exact) mass is 590 g/mol. The van der Waals surface area contributed by atoms with E-state index < -0.39 is 18.3 Å². The van der Waals surface area contributed by atoms with Crippen LogP contribution < -0.4 is 10.6 Å². The third-order valence-corrected chi connectivity index (χ3v) is 7.29. The van der Waals surface area contributed by atoms with Crippen LogP contribution in [-0.4, -0.2) is 31.1 Å². The summed E-state index contributed by atoms with van der Waals surface area (Å²) in [5.74, 6) is 0. The quantitative estimate of drug-likeness (QED) is 0.182. The maximum Gasteiger partial charge on any atom is 0.410 e. The summed E-state index contributed by atoms with van der Waals surface area (Å²) in [6.07, 6.45) is 2.21. The summed E-state index contributed by atoms with van der Waals surface area (Å²) in [6.45, 7) is 3.06. The van der Waals surface area contributed by atoms with Gasteiger partial charge in [0.05, 0.1) is 40.1 Å². The Hall–Kier alpha value is -4.69. The Morgan fingerprint density at radius 3 is 2.48 bits per heavy atom. The second-order valence-corrected chi connectivity index (χ2v) is 10.1. The molecular weight excluding hydrogens is 565 g/mol. The van der Waals surface area contributed by atoms with Crippen molar-refractivity contribution in [2.24, 2.45) is 0 Å². The Morgan fingerprint density at radius 1 is 1.05 bits per heavy atom. The van der Waals surface area contributed by atoms with Gasteiger partial charge in [-0.3, -0.25) is 9.97 Å². The molecule has 0 spiro atoms. The first-order valence-corrected chi connectivity index (χ1v) is 13.6. The fraction of sp³-hybridized carbons (Fsp3) is 0.233. The zero-order valence-corrected chi connectivity index (χ0v) is 23.4. The number of anilines is 2. The number of hydrogen-bond donors (Lipinski definition) is 2. The van der Waals surface area contributed by atoms with E-state index in [-0.39, 0.29) is 11.7 Å². The van der Waals surface area contributed by atoms with Crippen LogP contribution in [0.1, 0.15) is 60.8 Å². The molecule has 0 saturated carbocycles. The van der Waals surface area contributed by atoms with Crippen molar-refractivity contribution < 1.29 is 13.2 Å². The largest absolute Gasteiger partial charge is 0.410 e. The van der Waals surface area contributed by atoms with Gasteiger partial charge in [0.2, 0.25) is 0 Å². The SMILES string of the molecule is CCC(Nc1c(C#N)cnc2c(Cl)cc(NC(c3cccnc3)c3cn(C(C)C(F)(F)F)nn3)cc12)c1ccccc1. The lowest BCUT2D eigenvalue weighted by Gasteiger charge is -2.22. The second-order valence-electron chi connectivity index (χ2n) is 9.73. The number of halogens is 4. The van der Waals surface area contributed by atoms with Gasteiger partial charge >= 0.3 is 6.18 Å². The van der Waals surface area contributed by atoms with Crippen LogP contribution in [-0.2, 0) is 0 Å². The van der Waals surface area contributed by atoms with Gasteiger partial charge in [-0.1, -0.05) is 60.1 Å². The molecule has 0 saturated heterocycles. The van der Waals surface area contributed by atoms with E-state index in [1.807, 2.05) is 37.3 Å². The Morgan fingerprint density at radius 2 is 1.81 bits per heavy atom. The summed E-state index contributed by atoms with van der Waals surface area (Å²) in [4.78, 5) is 8.61. The number of pyridine rings is 2. The number of rotatable bonds is 9. The van der Waals surface area contributed by atoms with Gasteiger partial charge in [-0.15, -0.1) is 5.10 Å². The molecule has 2 aromatic carbocycles. The highest BCUT2D eigenvalue weighted by Gasteiger charge is 2.38. The molecule has 0 aliphatic heterocycles. The van der Waals surface area contributed by atoms with Crippen molar-refractivity contribution in [3.8, 4) is 6.07 Å². The van der Waals surface area contributed by atoms with Crippen molar-refractivity contribution in [3.05, 3.63) is 107 Å². The van der Waals surface area contributed by atoms with Gasteiger partial charge in [0.15, 0.2) is 0 Å². The summed E-state index contributed by atoms with van der Waals surface area (Å²) in [7, 11) is 0. The number of nitrogens with zero attached hydrogens (tertiary/aromatic N) is 6. The molecule has 0 radical (unpaired) electrons. The zero-order valence-electron chi connectivity index (χ0n) is 22.6. The highest BCUT2D eigenvalue weighted by atomic mass is 35.5. The molecule has 3 heterocycles. The van der Waals surface area contributed by atoms with E-state index in [9.17, 15) is 18.4 Å². The standard InChI is InChI=1S/C30H26ClF3N8/c1-3-25(19-8-5-4-6-9-19)39-27-21(14-35)16-37-29-23(27)12-22(13-24(29)31)38-28(20-10-7-11-36-15-20)26-17-42(41-40-26)18(2)30(32,33)34/h4-13,15-18,25,28,38H,3H2,1-2H3,(H,37,39). The van der Waals surface area contributed by atoms with E-state index in [1.165, 1.54) is 12.4 Å². The molecule has 5 aromatic rings. The Labute approximate surface area is 245 Å². The van der Waals surface area contributed by atoms with Gasteiger partial charge in [-0.2, -0.15) is 18.4 Å².